The first-order valence-electron chi connectivity index (χ1n) is 41.2. The lowest BCUT2D eigenvalue weighted by Crippen LogP contribution is -2.30. The summed E-state index contributed by atoms with van der Waals surface area (Å²) in [5, 5.41) is 10.6. The number of hydrogen-bond acceptors (Lipinski definition) is 15. The van der Waals surface area contributed by atoms with Crippen LogP contribution in [-0.4, -0.2) is 96.7 Å². The molecule has 0 radical (unpaired) electrons. The highest BCUT2D eigenvalue weighted by Crippen LogP contribution is 2.45. The van der Waals surface area contributed by atoms with Crippen molar-refractivity contribution in [3.8, 4) is 0 Å². The largest absolute Gasteiger partial charge is 0.472 e. The van der Waals surface area contributed by atoms with E-state index < -0.39 is 97.5 Å². The molecule has 17 nitrogen and oxygen atoms in total. The number of esters is 4. The van der Waals surface area contributed by atoms with Gasteiger partial charge in [0.2, 0.25) is 0 Å². The first-order valence-corrected chi connectivity index (χ1v) is 44.2. The minimum atomic E-state index is -4.96. The van der Waals surface area contributed by atoms with Gasteiger partial charge in [-0.25, -0.2) is 9.13 Å². The number of rotatable bonds is 77. The van der Waals surface area contributed by atoms with E-state index in [-0.39, 0.29) is 25.7 Å². The van der Waals surface area contributed by atoms with Gasteiger partial charge < -0.3 is 33.8 Å². The number of hydrogen-bond donors (Lipinski definition) is 3. The van der Waals surface area contributed by atoms with Gasteiger partial charge in [0.1, 0.15) is 19.3 Å². The van der Waals surface area contributed by atoms with Gasteiger partial charge in [-0.15, -0.1) is 0 Å². The van der Waals surface area contributed by atoms with Gasteiger partial charge in [-0.05, 0) is 49.4 Å². The van der Waals surface area contributed by atoms with E-state index in [2.05, 4.69) is 55.4 Å². The maximum absolute atomic E-state index is 13.1. The van der Waals surface area contributed by atoms with Crippen LogP contribution in [0.2, 0.25) is 0 Å². The Labute approximate surface area is 607 Å². The minimum Gasteiger partial charge on any atom is -0.462 e. The Bertz CT molecular complexity index is 1940. The number of ether oxygens (including phenoxy) is 4. The van der Waals surface area contributed by atoms with Crippen molar-refractivity contribution >= 4 is 39.5 Å². The third-order valence-electron chi connectivity index (χ3n) is 18.9. The molecule has 6 atom stereocenters. The molecule has 4 unspecified atom stereocenters. The fraction of sp³-hybridized carbons (Fsp3) is 0.950. The van der Waals surface area contributed by atoms with Crippen LogP contribution in [0.4, 0.5) is 0 Å². The molecule has 588 valence electrons. The minimum absolute atomic E-state index is 0.104. The molecule has 0 fully saturated rings. The zero-order chi connectivity index (χ0) is 73.1. The van der Waals surface area contributed by atoms with Crippen molar-refractivity contribution in [1.29, 1.82) is 0 Å². The molecule has 0 rings (SSSR count). The van der Waals surface area contributed by atoms with E-state index in [9.17, 15) is 43.2 Å². The predicted octanol–water partition coefficient (Wildman–Crippen LogP) is 23.6. The van der Waals surface area contributed by atoms with Gasteiger partial charge >= 0.3 is 39.5 Å². The molecule has 0 aromatic heterocycles. The van der Waals surface area contributed by atoms with Gasteiger partial charge in [-0.2, -0.15) is 0 Å². The molecule has 0 amide bonds. The summed E-state index contributed by atoms with van der Waals surface area (Å²) in [7, 11) is -9.92. The molecule has 3 N–H and O–H groups in total. The molecule has 0 saturated carbocycles. The molecule has 19 heteroatoms. The summed E-state index contributed by atoms with van der Waals surface area (Å²) in [4.78, 5) is 72.9. The number of phosphoric acid groups is 2. The van der Waals surface area contributed by atoms with Crippen LogP contribution in [0, 0.1) is 23.7 Å². The van der Waals surface area contributed by atoms with Gasteiger partial charge in [0.25, 0.3) is 0 Å². The summed E-state index contributed by atoms with van der Waals surface area (Å²) in [5.41, 5.74) is 0. The van der Waals surface area contributed by atoms with Gasteiger partial charge in [0.05, 0.1) is 26.4 Å². The van der Waals surface area contributed by atoms with E-state index in [0.29, 0.717) is 25.7 Å². The van der Waals surface area contributed by atoms with Crippen molar-refractivity contribution in [2.24, 2.45) is 23.7 Å². The molecular formula is C80H156O17P2. The monoisotopic (exact) mass is 1450 g/mol. The zero-order valence-corrected chi connectivity index (χ0v) is 66.9. The van der Waals surface area contributed by atoms with E-state index in [1.54, 1.807) is 0 Å². The number of carbonyl (C=O) groups excluding carboxylic acids is 4. The molecule has 0 bridgehead atoms. The van der Waals surface area contributed by atoms with Crippen LogP contribution >= 0.6 is 15.6 Å². The number of unbranched alkanes of at least 4 members (excludes halogenated alkanes) is 42. The molecule has 0 aliphatic carbocycles. The smallest absolute Gasteiger partial charge is 0.462 e. The molecule has 0 aromatic carbocycles. The maximum atomic E-state index is 13.1. The maximum Gasteiger partial charge on any atom is 0.472 e. The molecule has 0 aromatic rings. The van der Waals surface area contributed by atoms with Crippen molar-refractivity contribution in [3.05, 3.63) is 0 Å². The van der Waals surface area contributed by atoms with Crippen molar-refractivity contribution in [3.63, 3.8) is 0 Å². The third kappa shape index (κ3) is 72.8. The summed E-state index contributed by atoms with van der Waals surface area (Å²) < 4.78 is 68.6. The quantitative estimate of drug-likeness (QED) is 0.0222. The topological polar surface area (TPSA) is 237 Å². The molecule has 99 heavy (non-hydrogen) atoms. The van der Waals surface area contributed by atoms with Crippen molar-refractivity contribution in [2.75, 3.05) is 39.6 Å². The Morgan fingerprint density at radius 2 is 0.485 bits per heavy atom. The van der Waals surface area contributed by atoms with Crippen LogP contribution in [0.1, 0.15) is 409 Å². The Morgan fingerprint density at radius 1 is 0.283 bits per heavy atom. The van der Waals surface area contributed by atoms with E-state index in [4.69, 9.17) is 37.0 Å². The fourth-order valence-corrected chi connectivity index (χ4v) is 13.8. The summed E-state index contributed by atoms with van der Waals surface area (Å²) >= 11 is 0. The van der Waals surface area contributed by atoms with Crippen molar-refractivity contribution in [2.45, 2.75) is 427 Å². The molecule has 0 saturated heterocycles. The standard InChI is InChI=1S/C80H156O17P2/c1-9-73(8)59-51-43-35-25-21-17-14-15-19-23-27-38-46-54-62-79(84)96-75(66-90-77(82)60-52-44-36-26-22-18-13-11-10-12-16-20-24-32-40-48-56-70(2)3)68-94-98(86,87)92-64-74(81)65-93-99(88,89)95-69-76(97-80(85)63-55-47-39-31-29-34-42-50-58-72(6)7)67-91-78(83)61-53-45-37-30-28-33-41-49-57-71(4)5/h70-76,81H,9-69H2,1-8H3,(H,86,87)(H,88,89)/t73?,74?,75-,76-/m1/s1. The molecule has 0 aliphatic heterocycles. The van der Waals surface area contributed by atoms with Crippen LogP contribution < -0.4 is 0 Å². The van der Waals surface area contributed by atoms with E-state index in [1.165, 1.54) is 212 Å². The number of phosphoric ester groups is 2. The fourth-order valence-electron chi connectivity index (χ4n) is 12.2. The highest BCUT2D eigenvalue weighted by molar-refractivity contribution is 7.47. The Hall–Kier alpha value is -1.94. The van der Waals surface area contributed by atoms with Crippen molar-refractivity contribution in [1.82, 2.24) is 0 Å². The summed E-state index contributed by atoms with van der Waals surface area (Å²) in [6.45, 7) is 14.2. The Balaban J connectivity index is 5.23. The van der Waals surface area contributed by atoms with Crippen LogP contribution in [0.3, 0.4) is 0 Å². The van der Waals surface area contributed by atoms with Gasteiger partial charge in [-0.3, -0.25) is 37.3 Å². The lowest BCUT2D eigenvalue weighted by Gasteiger charge is -2.21. The molecular weight excluding hydrogens is 1290 g/mol. The third-order valence-corrected chi connectivity index (χ3v) is 20.8. The number of aliphatic hydroxyl groups is 1. The zero-order valence-electron chi connectivity index (χ0n) is 65.1. The lowest BCUT2D eigenvalue weighted by atomic mass is 9.99. The normalized spacial score (nSPS) is 14.3. The van der Waals surface area contributed by atoms with Crippen LogP contribution in [-0.2, 0) is 65.4 Å². The van der Waals surface area contributed by atoms with Gasteiger partial charge in [-0.1, -0.05) is 357 Å². The summed E-state index contributed by atoms with van der Waals surface area (Å²) in [6, 6.07) is 0. The van der Waals surface area contributed by atoms with Gasteiger partial charge in [0.15, 0.2) is 12.2 Å². The lowest BCUT2D eigenvalue weighted by molar-refractivity contribution is -0.161. The Kier molecular flexibility index (Phi) is 67.8. The first kappa shape index (κ1) is 97.1. The highest BCUT2D eigenvalue weighted by atomic mass is 31.2. The second-order valence-corrected chi connectivity index (χ2v) is 33.4. The van der Waals surface area contributed by atoms with E-state index in [0.717, 1.165) is 114 Å². The van der Waals surface area contributed by atoms with Gasteiger partial charge in [0, 0.05) is 25.7 Å². The van der Waals surface area contributed by atoms with E-state index in [1.807, 2.05) is 0 Å². The molecule has 0 heterocycles. The average Bonchev–Trinajstić information content (AvgIpc) is 1.06. The van der Waals surface area contributed by atoms with Crippen LogP contribution in [0.25, 0.3) is 0 Å². The van der Waals surface area contributed by atoms with Crippen LogP contribution in [0.5, 0.6) is 0 Å². The highest BCUT2D eigenvalue weighted by Gasteiger charge is 2.30. The second kappa shape index (κ2) is 69.1. The Morgan fingerprint density at radius 3 is 0.717 bits per heavy atom. The second-order valence-electron chi connectivity index (χ2n) is 30.5. The average molecular weight is 1450 g/mol. The summed E-state index contributed by atoms with van der Waals surface area (Å²) in [5.74, 6) is 0.985. The first-order chi connectivity index (χ1) is 47.6. The summed E-state index contributed by atoms with van der Waals surface area (Å²) in [6.07, 6.45) is 55.6. The number of aliphatic hydroxyl groups excluding tert-OH is 1. The van der Waals surface area contributed by atoms with Crippen LogP contribution in [0.15, 0.2) is 0 Å². The van der Waals surface area contributed by atoms with E-state index >= 15 is 0 Å². The number of carbonyl (C=O) groups is 4. The SMILES string of the molecule is CCC(C)CCCCCCCCCCCCCCCCC(=O)O[C@H](COC(=O)CCCCCCCCCCCCCCCCCCC(C)C)COP(=O)(O)OCC(O)COP(=O)(O)OC[C@@H](COC(=O)CCCCCCCCCCC(C)C)OC(=O)CCCCCCCCCCC(C)C. The molecule has 0 aliphatic rings. The molecule has 0 spiro atoms. The predicted molar refractivity (Wildman–Crippen MR) is 404 cm³/mol. The van der Waals surface area contributed by atoms with Crippen molar-refractivity contribution < 1.29 is 80.2 Å².